The number of nitrogens with one attached hydrogen (secondary N) is 1. The first-order valence-corrected chi connectivity index (χ1v) is 8.09. The Kier molecular flexibility index (Phi) is 4.94. The fourth-order valence-electron chi connectivity index (χ4n) is 2.98. The predicted octanol–water partition coefficient (Wildman–Crippen LogP) is 1.09. The van der Waals surface area contributed by atoms with Crippen molar-refractivity contribution < 1.29 is 19.0 Å². The number of amides is 1. The van der Waals surface area contributed by atoms with Crippen molar-refractivity contribution in [1.29, 1.82) is 0 Å². The molecule has 3 rings (SSSR count). The minimum Gasteiger partial charge on any atom is -0.396 e. The molecule has 0 bridgehead atoms. The number of nitrogens with zero attached hydrogens (tertiary/aromatic N) is 1. The highest BCUT2D eigenvalue weighted by atomic mass is 19.1. The molecule has 1 aromatic carbocycles. The van der Waals surface area contributed by atoms with Gasteiger partial charge in [-0.25, -0.2) is 4.39 Å². The summed E-state index contributed by atoms with van der Waals surface area (Å²) in [4.78, 5) is 14.8. The zero-order chi connectivity index (χ0) is 16.3. The molecule has 2 aliphatic rings. The van der Waals surface area contributed by atoms with Gasteiger partial charge in [0, 0.05) is 25.0 Å². The largest absolute Gasteiger partial charge is 0.396 e. The minimum absolute atomic E-state index is 0.0927. The van der Waals surface area contributed by atoms with Crippen LogP contribution in [0.2, 0.25) is 0 Å². The van der Waals surface area contributed by atoms with Crippen LogP contribution in [0.1, 0.15) is 24.4 Å². The third kappa shape index (κ3) is 3.88. The van der Waals surface area contributed by atoms with Crippen LogP contribution in [0, 0.1) is 11.2 Å². The monoisotopic (exact) mass is 322 g/mol. The van der Waals surface area contributed by atoms with E-state index in [9.17, 15) is 14.3 Å². The van der Waals surface area contributed by atoms with E-state index in [1.165, 1.54) is 12.1 Å². The van der Waals surface area contributed by atoms with Crippen molar-refractivity contribution in [3.05, 3.63) is 35.6 Å². The smallest absolute Gasteiger partial charge is 0.241 e. The Labute approximate surface area is 135 Å². The topological polar surface area (TPSA) is 61.8 Å². The molecule has 126 valence electrons. The van der Waals surface area contributed by atoms with E-state index in [2.05, 4.69) is 5.32 Å². The molecule has 6 heteroatoms. The first kappa shape index (κ1) is 16.4. The molecule has 0 radical (unpaired) electrons. The SMILES string of the molecule is O=C(NCC1(CO)CC1)C(c1cccc(F)c1)N1CCOCC1. The quantitative estimate of drug-likeness (QED) is 0.823. The fourth-order valence-corrected chi connectivity index (χ4v) is 2.98. The molecule has 0 spiro atoms. The zero-order valence-electron chi connectivity index (χ0n) is 13.1. The number of carbonyl (C=O) groups excluding carboxylic acids is 1. The van der Waals surface area contributed by atoms with Crippen molar-refractivity contribution in [3.63, 3.8) is 0 Å². The molecule has 2 N–H and O–H groups in total. The standard InChI is InChI=1S/C17H23FN2O3/c18-14-3-1-2-13(10-14)15(20-6-8-23-9-7-20)16(22)19-11-17(12-21)4-5-17/h1-3,10,15,21H,4-9,11-12H2,(H,19,22). The van der Waals surface area contributed by atoms with E-state index >= 15 is 0 Å². The Morgan fingerprint density at radius 2 is 2.13 bits per heavy atom. The number of benzene rings is 1. The summed E-state index contributed by atoms with van der Waals surface area (Å²) < 4.78 is 18.9. The summed E-state index contributed by atoms with van der Waals surface area (Å²) in [5.41, 5.74) is 0.505. The van der Waals surface area contributed by atoms with E-state index < -0.39 is 6.04 Å². The second-order valence-corrected chi connectivity index (χ2v) is 6.48. The minimum atomic E-state index is -0.524. The van der Waals surface area contributed by atoms with E-state index in [0.717, 1.165) is 12.8 Å². The summed E-state index contributed by atoms with van der Waals surface area (Å²) in [5, 5.41) is 12.3. The van der Waals surface area contributed by atoms with Gasteiger partial charge in [-0.1, -0.05) is 12.1 Å². The van der Waals surface area contributed by atoms with E-state index in [0.29, 0.717) is 38.4 Å². The second-order valence-electron chi connectivity index (χ2n) is 6.48. The summed E-state index contributed by atoms with van der Waals surface area (Å²) in [6.45, 7) is 2.98. The molecule has 23 heavy (non-hydrogen) atoms. The number of hydrogen-bond donors (Lipinski definition) is 2. The van der Waals surface area contributed by atoms with Crippen LogP contribution in [0.4, 0.5) is 4.39 Å². The number of ether oxygens (including phenoxy) is 1. The molecule has 1 aromatic rings. The number of aliphatic hydroxyl groups is 1. The van der Waals surface area contributed by atoms with Crippen molar-refractivity contribution >= 4 is 5.91 Å². The summed E-state index contributed by atoms with van der Waals surface area (Å²) in [6, 6.07) is 5.68. The van der Waals surface area contributed by atoms with Gasteiger partial charge in [-0.05, 0) is 30.5 Å². The van der Waals surface area contributed by atoms with Gasteiger partial charge in [0.15, 0.2) is 0 Å². The number of carbonyl (C=O) groups is 1. The van der Waals surface area contributed by atoms with Crippen LogP contribution in [0.25, 0.3) is 0 Å². The van der Waals surface area contributed by atoms with E-state index in [4.69, 9.17) is 4.74 Å². The molecule has 1 saturated carbocycles. The lowest BCUT2D eigenvalue weighted by atomic mass is 10.0. The number of aliphatic hydroxyl groups excluding tert-OH is 1. The van der Waals surface area contributed by atoms with Gasteiger partial charge < -0.3 is 15.2 Å². The maximum atomic E-state index is 13.6. The number of rotatable bonds is 6. The second kappa shape index (κ2) is 6.95. The lowest BCUT2D eigenvalue weighted by Gasteiger charge is -2.34. The van der Waals surface area contributed by atoms with Gasteiger partial charge in [-0.15, -0.1) is 0 Å². The summed E-state index contributed by atoms with van der Waals surface area (Å²) in [6.07, 6.45) is 1.87. The maximum absolute atomic E-state index is 13.6. The Morgan fingerprint density at radius 1 is 1.39 bits per heavy atom. The molecule has 1 amide bonds. The highest BCUT2D eigenvalue weighted by molar-refractivity contribution is 5.83. The fraction of sp³-hybridized carbons (Fsp3) is 0.588. The molecule has 1 aliphatic heterocycles. The van der Waals surface area contributed by atoms with Crippen LogP contribution >= 0.6 is 0 Å². The predicted molar refractivity (Wildman–Crippen MR) is 83.3 cm³/mol. The highest BCUT2D eigenvalue weighted by Crippen LogP contribution is 2.44. The van der Waals surface area contributed by atoms with Crippen LogP contribution in [-0.2, 0) is 9.53 Å². The first-order chi connectivity index (χ1) is 11.1. The van der Waals surface area contributed by atoms with E-state index in [1.54, 1.807) is 12.1 Å². The van der Waals surface area contributed by atoms with Gasteiger partial charge in [0.1, 0.15) is 11.9 Å². The van der Waals surface area contributed by atoms with E-state index in [1.807, 2.05) is 4.90 Å². The maximum Gasteiger partial charge on any atom is 0.241 e. The van der Waals surface area contributed by atoms with Crippen molar-refractivity contribution in [2.45, 2.75) is 18.9 Å². The number of morpholine rings is 1. The van der Waals surface area contributed by atoms with Crippen molar-refractivity contribution in [1.82, 2.24) is 10.2 Å². The average Bonchev–Trinajstić information content (AvgIpc) is 3.35. The third-order valence-electron chi connectivity index (χ3n) is 4.75. The normalized spacial score (nSPS) is 21.7. The Hall–Kier alpha value is -1.50. The third-order valence-corrected chi connectivity index (χ3v) is 4.75. The molecule has 1 unspecified atom stereocenters. The van der Waals surface area contributed by atoms with Crippen LogP contribution in [-0.4, -0.2) is 55.4 Å². The number of hydrogen-bond acceptors (Lipinski definition) is 4. The lowest BCUT2D eigenvalue weighted by Crippen LogP contribution is -2.47. The van der Waals surface area contributed by atoms with Crippen LogP contribution in [0.5, 0.6) is 0 Å². The van der Waals surface area contributed by atoms with Crippen LogP contribution in [0.3, 0.4) is 0 Å². The van der Waals surface area contributed by atoms with E-state index in [-0.39, 0.29) is 23.7 Å². The van der Waals surface area contributed by atoms with Gasteiger partial charge in [-0.3, -0.25) is 9.69 Å². The van der Waals surface area contributed by atoms with Crippen LogP contribution < -0.4 is 5.32 Å². The van der Waals surface area contributed by atoms with Gasteiger partial charge in [0.2, 0.25) is 5.91 Å². The molecule has 1 aliphatic carbocycles. The molecule has 5 nitrogen and oxygen atoms in total. The molecule has 1 saturated heterocycles. The molecule has 2 fully saturated rings. The average molecular weight is 322 g/mol. The highest BCUT2D eigenvalue weighted by Gasteiger charge is 2.42. The Morgan fingerprint density at radius 3 is 2.74 bits per heavy atom. The molecule has 0 aromatic heterocycles. The van der Waals surface area contributed by atoms with Gasteiger partial charge in [-0.2, -0.15) is 0 Å². The summed E-state index contributed by atoms with van der Waals surface area (Å²) in [5.74, 6) is -0.486. The Balaban J connectivity index is 1.75. The summed E-state index contributed by atoms with van der Waals surface area (Å²) in [7, 11) is 0. The molecule has 1 heterocycles. The molecular formula is C17H23FN2O3. The Bertz CT molecular complexity index is 557. The zero-order valence-corrected chi connectivity index (χ0v) is 13.1. The summed E-state index contributed by atoms with van der Waals surface area (Å²) >= 11 is 0. The van der Waals surface area contributed by atoms with Crippen molar-refractivity contribution in [3.8, 4) is 0 Å². The molecular weight excluding hydrogens is 299 g/mol. The first-order valence-electron chi connectivity index (χ1n) is 8.09. The number of halogens is 1. The van der Waals surface area contributed by atoms with Gasteiger partial charge in [0.25, 0.3) is 0 Å². The lowest BCUT2D eigenvalue weighted by molar-refractivity contribution is -0.128. The van der Waals surface area contributed by atoms with Crippen molar-refractivity contribution in [2.24, 2.45) is 5.41 Å². The van der Waals surface area contributed by atoms with Gasteiger partial charge in [0.05, 0.1) is 19.8 Å². The van der Waals surface area contributed by atoms with Crippen LogP contribution in [0.15, 0.2) is 24.3 Å². The van der Waals surface area contributed by atoms with Crippen molar-refractivity contribution in [2.75, 3.05) is 39.5 Å². The van der Waals surface area contributed by atoms with Gasteiger partial charge >= 0.3 is 0 Å². The molecule has 1 atom stereocenters.